The molecule has 1 heterocycles. The summed E-state index contributed by atoms with van der Waals surface area (Å²) >= 11 is 0.770. The van der Waals surface area contributed by atoms with Crippen LogP contribution in [-0.4, -0.2) is 31.1 Å². The summed E-state index contributed by atoms with van der Waals surface area (Å²) in [5.41, 5.74) is 0. The molecule has 0 fully saturated rings. The van der Waals surface area contributed by atoms with E-state index in [1.165, 1.54) is 6.92 Å². The molecule has 1 aromatic heterocycles. The molecule has 0 atom stereocenters. The van der Waals surface area contributed by atoms with Crippen LogP contribution in [0.4, 0.5) is 5.13 Å². The van der Waals surface area contributed by atoms with Gasteiger partial charge in [-0.05, 0) is 0 Å². The lowest BCUT2D eigenvalue weighted by Gasteiger charge is -1.99. The van der Waals surface area contributed by atoms with E-state index in [2.05, 4.69) is 26.2 Å². The molecule has 0 saturated heterocycles. The minimum absolute atomic E-state index is 0.133. The first-order valence-corrected chi connectivity index (χ1v) is 6.80. The topological polar surface area (TPSA) is 101 Å². The van der Waals surface area contributed by atoms with Gasteiger partial charge in [0.05, 0.1) is 0 Å². The predicted octanol–water partition coefficient (Wildman–Crippen LogP) is -0.202. The van der Waals surface area contributed by atoms with Gasteiger partial charge in [0.1, 0.15) is 0 Å². The molecule has 0 saturated carbocycles. The second-order valence-electron chi connectivity index (χ2n) is 2.91. The van der Waals surface area contributed by atoms with Gasteiger partial charge in [0, 0.05) is 19.9 Å². The van der Waals surface area contributed by atoms with Crippen LogP contribution in [0.5, 0.6) is 0 Å². The molecule has 2 N–H and O–H groups in total. The van der Waals surface area contributed by atoms with Crippen molar-refractivity contribution in [3.8, 4) is 12.3 Å². The molecule has 1 amide bonds. The summed E-state index contributed by atoms with van der Waals surface area (Å²) in [7, 11) is -3.70. The highest BCUT2D eigenvalue weighted by Gasteiger charge is 2.19. The molecule has 0 aliphatic rings. The number of nitrogens with one attached hydrogen (secondary N) is 2. The fourth-order valence-corrected chi connectivity index (χ4v) is 2.86. The third-order valence-corrected chi connectivity index (χ3v) is 4.15. The number of hydrogen-bond acceptors (Lipinski definition) is 6. The summed E-state index contributed by atoms with van der Waals surface area (Å²) in [5.74, 6) is 1.96. The number of sulfonamides is 1. The van der Waals surface area contributed by atoms with Crippen LogP contribution in [0.1, 0.15) is 13.3 Å². The zero-order chi connectivity index (χ0) is 12.9. The van der Waals surface area contributed by atoms with Crippen molar-refractivity contribution in [2.24, 2.45) is 0 Å². The molecular weight excluding hydrogens is 264 g/mol. The molecule has 0 radical (unpaired) electrons. The largest absolute Gasteiger partial charge is 0.301 e. The molecule has 0 aromatic carbocycles. The molecule has 0 bridgehead atoms. The van der Waals surface area contributed by atoms with Crippen molar-refractivity contribution >= 4 is 32.4 Å². The first kappa shape index (κ1) is 13.6. The normalized spacial score (nSPS) is 10.8. The summed E-state index contributed by atoms with van der Waals surface area (Å²) in [6.07, 6.45) is 5.29. The first-order chi connectivity index (χ1) is 7.95. The van der Waals surface area contributed by atoms with Gasteiger partial charge < -0.3 is 5.32 Å². The number of carbonyl (C=O) groups is 1. The maximum atomic E-state index is 11.6. The molecule has 17 heavy (non-hydrogen) atoms. The molecule has 7 nitrogen and oxygen atoms in total. The third kappa shape index (κ3) is 4.10. The van der Waals surface area contributed by atoms with Crippen molar-refractivity contribution in [3.63, 3.8) is 0 Å². The molecule has 0 aliphatic heterocycles. The highest BCUT2D eigenvalue weighted by atomic mass is 32.2. The van der Waals surface area contributed by atoms with Crippen LogP contribution >= 0.6 is 11.3 Å². The highest BCUT2D eigenvalue weighted by molar-refractivity contribution is 7.91. The Hall–Kier alpha value is -1.50. The Balaban J connectivity index is 2.75. The fourth-order valence-electron chi connectivity index (χ4n) is 0.839. The second-order valence-corrected chi connectivity index (χ2v) is 5.82. The second kappa shape index (κ2) is 5.72. The van der Waals surface area contributed by atoms with Gasteiger partial charge in [0.25, 0.3) is 10.0 Å². The van der Waals surface area contributed by atoms with E-state index >= 15 is 0 Å². The van der Waals surface area contributed by atoms with Crippen LogP contribution in [-0.2, 0) is 14.8 Å². The van der Waals surface area contributed by atoms with E-state index in [0.717, 1.165) is 11.3 Å². The van der Waals surface area contributed by atoms with Crippen LogP contribution in [0.15, 0.2) is 4.34 Å². The smallest absolute Gasteiger partial charge is 0.269 e. The minimum atomic E-state index is -3.70. The number of amides is 1. The quantitative estimate of drug-likeness (QED) is 0.440. The Morgan fingerprint density at radius 1 is 1.53 bits per heavy atom. The molecule has 0 spiro atoms. The number of rotatable bonds is 5. The molecule has 1 aromatic rings. The van der Waals surface area contributed by atoms with Gasteiger partial charge in [-0.15, -0.1) is 22.5 Å². The summed E-state index contributed by atoms with van der Waals surface area (Å²) in [6, 6.07) is 0. The van der Waals surface area contributed by atoms with Crippen LogP contribution in [0, 0.1) is 12.3 Å². The highest BCUT2D eigenvalue weighted by Crippen LogP contribution is 2.19. The lowest BCUT2D eigenvalue weighted by Crippen LogP contribution is -2.24. The van der Waals surface area contributed by atoms with E-state index in [1.54, 1.807) is 0 Å². The summed E-state index contributed by atoms with van der Waals surface area (Å²) in [6.45, 7) is 1.43. The van der Waals surface area contributed by atoms with Gasteiger partial charge >= 0.3 is 0 Å². The van der Waals surface area contributed by atoms with Gasteiger partial charge in [0.2, 0.25) is 15.4 Å². The monoisotopic (exact) mass is 274 g/mol. The summed E-state index contributed by atoms with van der Waals surface area (Å²) in [5, 5.41) is 9.48. The van der Waals surface area contributed by atoms with Crippen molar-refractivity contribution in [3.05, 3.63) is 0 Å². The van der Waals surface area contributed by atoms with Crippen LogP contribution in [0.25, 0.3) is 0 Å². The number of terminal acetylenes is 1. The van der Waals surface area contributed by atoms with Crippen molar-refractivity contribution in [1.29, 1.82) is 0 Å². The SMILES string of the molecule is C#CCCNS(=O)(=O)c1nnc(NC(C)=O)s1. The van der Waals surface area contributed by atoms with Crippen LogP contribution in [0.3, 0.4) is 0 Å². The standard InChI is InChI=1S/C8H10N4O3S2/c1-3-4-5-9-17(14,15)8-12-11-7(16-8)10-6(2)13/h1,9H,4-5H2,2H3,(H,10,11,13). The molecule has 1 rings (SSSR count). The fraction of sp³-hybridized carbons (Fsp3) is 0.375. The zero-order valence-electron chi connectivity index (χ0n) is 8.93. The van der Waals surface area contributed by atoms with Gasteiger partial charge in [-0.1, -0.05) is 11.3 Å². The van der Waals surface area contributed by atoms with Gasteiger partial charge in [-0.25, -0.2) is 13.1 Å². The number of aromatic nitrogens is 2. The van der Waals surface area contributed by atoms with E-state index in [1.807, 2.05) is 0 Å². The predicted molar refractivity (Wildman–Crippen MR) is 62.9 cm³/mol. The number of hydrogen-bond donors (Lipinski definition) is 2. The number of anilines is 1. The van der Waals surface area contributed by atoms with Crippen molar-refractivity contribution in [2.75, 3.05) is 11.9 Å². The molecule has 92 valence electrons. The zero-order valence-corrected chi connectivity index (χ0v) is 10.6. The summed E-state index contributed by atoms with van der Waals surface area (Å²) in [4.78, 5) is 10.7. The minimum Gasteiger partial charge on any atom is -0.301 e. The Kier molecular flexibility index (Phi) is 4.56. The molecule has 0 unspecified atom stereocenters. The van der Waals surface area contributed by atoms with E-state index in [0.29, 0.717) is 0 Å². The maximum absolute atomic E-state index is 11.6. The molecule has 0 aliphatic carbocycles. The number of carbonyl (C=O) groups excluding carboxylic acids is 1. The van der Waals surface area contributed by atoms with E-state index in [4.69, 9.17) is 6.42 Å². The van der Waals surface area contributed by atoms with E-state index in [9.17, 15) is 13.2 Å². The Morgan fingerprint density at radius 2 is 2.24 bits per heavy atom. The summed E-state index contributed by atoms with van der Waals surface area (Å²) < 4.78 is 25.3. The van der Waals surface area contributed by atoms with E-state index < -0.39 is 10.0 Å². The Morgan fingerprint density at radius 3 is 2.82 bits per heavy atom. The third-order valence-electron chi connectivity index (χ3n) is 1.48. The average Bonchev–Trinajstić information content (AvgIpc) is 2.66. The van der Waals surface area contributed by atoms with Crippen molar-refractivity contribution in [1.82, 2.24) is 14.9 Å². The molecular formula is C8H10N4O3S2. The van der Waals surface area contributed by atoms with Gasteiger partial charge in [-0.2, -0.15) is 0 Å². The van der Waals surface area contributed by atoms with Crippen LogP contribution < -0.4 is 10.0 Å². The molecule has 9 heteroatoms. The first-order valence-electron chi connectivity index (χ1n) is 4.50. The van der Waals surface area contributed by atoms with Gasteiger partial charge in [0.15, 0.2) is 0 Å². The lowest BCUT2D eigenvalue weighted by molar-refractivity contribution is -0.114. The van der Waals surface area contributed by atoms with Crippen molar-refractivity contribution < 1.29 is 13.2 Å². The Labute approximate surface area is 103 Å². The average molecular weight is 274 g/mol. The van der Waals surface area contributed by atoms with Gasteiger partial charge in [-0.3, -0.25) is 4.79 Å². The van der Waals surface area contributed by atoms with Crippen LogP contribution in [0.2, 0.25) is 0 Å². The lowest BCUT2D eigenvalue weighted by atomic mass is 10.5. The van der Waals surface area contributed by atoms with Crippen molar-refractivity contribution in [2.45, 2.75) is 17.7 Å². The maximum Gasteiger partial charge on any atom is 0.269 e. The van der Waals surface area contributed by atoms with E-state index in [-0.39, 0.29) is 28.3 Å². The Bertz CT molecular complexity index is 543. The number of nitrogens with zero attached hydrogens (tertiary/aromatic N) is 2.